The highest BCUT2D eigenvalue weighted by Gasteiger charge is 2.11. The van der Waals surface area contributed by atoms with Crippen molar-refractivity contribution in [3.63, 3.8) is 0 Å². The number of nitrogens with zero attached hydrogens (tertiary/aromatic N) is 2. The number of benzene rings is 2. The fourth-order valence-corrected chi connectivity index (χ4v) is 2.39. The minimum Gasteiger partial charge on any atom is -0.409 e. The first-order valence-corrected chi connectivity index (χ1v) is 7.55. The van der Waals surface area contributed by atoms with Crippen molar-refractivity contribution in [3.8, 4) is 11.5 Å². The zero-order valence-corrected chi connectivity index (χ0v) is 13.5. The number of aryl methyl sites for hydroxylation is 1. The molecular formula is C16H14ClN3OS. The lowest BCUT2D eigenvalue weighted by Gasteiger charge is -2.05. The van der Waals surface area contributed by atoms with Crippen molar-refractivity contribution in [3.05, 3.63) is 64.0 Å². The van der Waals surface area contributed by atoms with Crippen LogP contribution in [0.3, 0.4) is 0 Å². The normalized spacial score (nSPS) is 10.6. The third-order valence-electron chi connectivity index (χ3n) is 3.20. The van der Waals surface area contributed by atoms with E-state index in [-0.39, 0.29) is 0 Å². The molecule has 0 fully saturated rings. The van der Waals surface area contributed by atoms with E-state index in [1.807, 2.05) is 49.4 Å². The van der Waals surface area contributed by atoms with Crippen LogP contribution in [0.25, 0.3) is 11.5 Å². The molecule has 0 radical (unpaired) electrons. The molecule has 1 aromatic heterocycles. The lowest BCUT2D eigenvalue weighted by atomic mass is 10.2. The summed E-state index contributed by atoms with van der Waals surface area (Å²) < 4.78 is 7.12. The van der Waals surface area contributed by atoms with Crippen LogP contribution in [0.2, 0.25) is 5.02 Å². The van der Waals surface area contributed by atoms with Crippen molar-refractivity contribution >= 4 is 29.5 Å². The Bertz CT molecular complexity index is 839. The van der Waals surface area contributed by atoms with Crippen LogP contribution in [0, 0.1) is 11.8 Å². The molecule has 6 heteroatoms. The van der Waals surface area contributed by atoms with Crippen LogP contribution in [-0.2, 0) is 6.67 Å². The van der Waals surface area contributed by atoms with Crippen LogP contribution in [0.5, 0.6) is 0 Å². The van der Waals surface area contributed by atoms with Crippen molar-refractivity contribution in [1.82, 2.24) is 9.78 Å². The highest BCUT2D eigenvalue weighted by molar-refractivity contribution is 7.71. The van der Waals surface area contributed by atoms with E-state index in [0.717, 1.165) is 11.3 Å². The maximum Gasteiger partial charge on any atom is 0.289 e. The van der Waals surface area contributed by atoms with Gasteiger partial charge in [-0.3, -0.25) is 0 Å². The Kier molecular flexibility index (Phi) is 4.27. The second kappa shape index (κ2) is 6.34. The number of aromatic nitrogens is 2. The molecule has 4 nitrogen and oxygen atoms in total. The first kappa shape index (κ1) is 14.8. The number of rotatable bonds is 4. The lowest BCUT2D eigenvalue weighted by molar-refractivity contribution is 0.522. The number of anilines is 1. The van der Waals surface area contributed by atoms with Gasteiger partial charge >= 0.3 is 0 Å². The van der Waals surface area contributed by atoms with Crippen molar-refractivity contribution in [2.45, 2.75) is 13.6 Å². The average Bonchev–Trinajstić information content (AvgIpc) is 2.88. The number of nitrogens with one attached hydrogen (secondary N) is 1. The predicted octanol–water partition coefficient (Wildman–Crippen LogP) is 4.90. The summed E-state index contributed by atoms with van der Waals surface area (Å²) in [6, 6.07) is 15.5. The van der Waals surface area contributed by atoms with Gasteiger partial charge in [0.1, 0.15) is 6.67 Å². The second-order valence-corrected chi connectivity index (χ2v) is 5.61. The molecule has 3 rings (SSSR count). The van der Waals surface area contributed by atoms with Crippen LogP contribution >= 0.6 is 23.8 Å². The van der Waals surface area contributed by atoms with E-state index in [4.69, 9.17) is 28.2 Å². The molecule has 1 N–H and O–H groups in total. The third-order valence-corrected chi connectivity index (χ3v) is 3.82. The molecule has 112 valence electrons. The molecule has 22 heavy (non-hydrogen) atoms. The Morgan fingerprint density at radius 1 is 1.18 bits per heavy atom. The van der Waals surface area contributed by atoms with E-state index >= 15 is 0 Å². The summed E-state index contributed by atoms with van der Waals surface area (Å²) in [6.07, 6.45) is 0. The zero-order valence-electron chi connectivity index (χ0n) is 11.9. The van der Waals surface area contributed by atoms with Gasteiger partial charge in [-0.25, -0.2) is 4.68 Å². The van der Waals surface area contributed by atoms with Gasteiger partial charge in [-0.15, -0.1) is 5.10 Å². The number of hydrogen-bond donors (Lipinski definition) is 1. The van der Waals surface area contributed by atoms with Gasteiger partial charge in [-0.05, 0) is 43.4 Å². The predicted molar refractivity (Wildman–Crippen MR) is 90.6 cm³/mol. The summed E-state index contributed by atoms with van der Waals surface area (Å²) in [5.41, 5.74) is 2.93. The largest absolute Gasteiger partial charge is 0.409 e. The molecule has 0 aliphatic rings. The topological polar surface area (TPSA) is 43.0 Å². The van der Waals surface area contributed by atoms with Gasteiger partial charge in [-0.2, -0.15) is 0 Å². The zero-order chi connectivity index (χ0) is 15.5. The van der Waals surface area contributed by atoms with Gasteiger partial charge in [0.05, 0.1) is 10.6 Å². The first-order chi connectivity index (χ1) is 10.6. The first-order valence-electron chi connectivity index (χ1n) is 6.77. The van der Waals surface area contributed by atoms with Crippen LogP contribution in [0.4, 0.5) is 5.69 Å². The van der Waals surface area contributed by atoms with Crippen LogP contribution in [0.15, 0.2) is 52.9 Å². The fraction of sp³-hybridized carbons (Fsp3) is 0.125. The van der Waals surface area contributed by atoms with Gasteiger partial charge in [0, 0.05) is 5.69 Å². The number of halogens is 1. The minimum absolute atomic E-state index is 0.300. The Hall–Kier alpha value is -2.11. The van der Waals surface area contributed by atoms with Crippen molar-refractivity contribution in [1.29, 1.82) is 0 Å². The molecule has 0 aliphatic carbocycles. The van der Waals surface area contributed by atoms with Crippen LogP contribution < -0.4 is 5.32 Å². The van der Waals surface area contributed by atoms with Gasteiger partial charge in [-0.1, -0.05) is 41.4 Å². The van der Waals surface area contributed by atoms with Crippen molar-refractivity contribution < 1.29 is 4.42 Å². The smallest absolute Gasteiger partial charge is 0.289 e. The van der Waals surface area contributed by atoms with Crippen molar-refractivity contribution in [2.24, 2.45) is 0 Å². The number of hydrogen-bond acceptors (Lipinski definition) is 4. The van der Waals surface area contributed by atoms with Crippen molar-refractivity contribution in [2.75, 3.05) is 5.32 Å². The van der Waals surface area contributed by atoms with E-state index in [1.54, 1.807) is 10.7 Å². The molecule has 0 amide bonds. The fourth-order valence-electron chi connectivity index (χ4n) is 1.99. The minimum atomic E-state index is 0.300. The molecule has 0 aliphatic heterocycles. The lowest BCUT2D eigenvalue weighted by Crippen LogP contribution is -2.09. The molecular weight excluding hydrogens is 318 g/mol. The molecule has 0 unspecified atom stereocenters. The Morgan fingerprint density at radius 2 is 1.91 bits per heavy atom. The van der Waals surface area contributed by atoms with E-state index in [1.165, 1.54) is 5.56 Å². The van der Waals surface area contributed by atoms with Gasteiger partial charge in [0.2, 0.25) is 5.89 Å². The highest BCUT2D eigenvalue weighted by atomic mass is 35.5. The van der Waals surface area contributed by atoms with Gasteiger partial charge < -0.3 is 9.73 Å². The average molecular weight is 332 g/mol. The van der Waals surface area contributed by atoms with E-state index in [9.17, 15) is 0 Å². The summed E-state index contributed by atoms with van der Waals surface area (Å²) in [6.45, 7) is 2.48. The van der Waals surface area contributed by atoms with E-state index in [2.05, 4.69) is 10.4 Å². The summed E-state index contributed by atoms with van der Waals surface area (Å²) >= 11 is 11.4. The van der Waals surface area contributed by atoms with E-state index in [0.29, 0.717) is 22.4 Å². The molecule has 3 aromatic rings. The van der Waals surface area contributed by atoms with Gasteiger partial charge in [0.25, 0.3) is 4.84 Å². The molecule has 0 bridgehead atoms. The second-order valence-electron chi connectivity index (χ2n) is 4.85. The maximum atomic E-state index is 6.15. The summed E-state index contributed by atoms with van der Waals surface area (Å²) in [5.74, 6) is 0.418. The summed E-state index contributed by atoms with van der Waals surface area (Å²) in [4.78, 5) is 0.300. The molecule has 2 aromatic carbocycles. The molecule has 0 saturated carbocycles. The highest BCUT2D eigenvalue weighted by Crippen LogP contribution is 2.26. The maximum absolute atomic E-state index is 6.15. The van der Waals surface area contributed by atoms with Gasteiger partial charge in [0.15, 0.2) is 0 Å². The van der Waals surface area contributed by atoms with E-state index < -0.39 is 0 Å². The summed E-state index contributed by atoms with van der Waals surface area (Å²) in [5, 5.41) is 8.20. The van der Waals surface area contributed by atoms with Crippen LogP contribution in [-0.4, -0.2) is 9.78 Å². The van der Waals surface area contributed by atoms with Crippen LogP contribution in [0.1, 0.15) is 5.56 Å². The molecule has 0 saturated heterocycles. The quantitative estimate of drug-likeness (QED) is 0.690. The Balaban J connectivity index is 1.80. The molecule has 1 heterocycles. The Labute approximate surface area is 138 Å². The SMILES string of the molecule is Cc1ccc(NCn2nc(-c3ccccc3Cl)oc2=S)cc1. The summed E-state index contributed by atoms with van der Waals surface area (Å²) in [7, 11) is 0. The molecule has 0 atom stereocenters. The molecule has 0 spiro atoms. The Morgan fingerprint density at radius 3 is 2.64 bits per heavy atom. The monoisotopic (exact) mass is 331 g/mol. The third kappa shape index (κ3) is 3.21. The standard InChI is InChI=1S/C16H14ClN3OS/c1-11-6-8-12(9-7-11)18-10-20-16(22)21-15(19-20)13-4-2-3-5-14(13)17/h2-9,18H,10H2,1H3.